The van der Waals surface area contributed by atoms with Gasteiger partial charge in [0.25, 0.3) is 11.8 Å². The van der Waals surface area contributed by atoms with Crippen LogP contribution in [0.1, 0.15) is 22.5 Å². The highest BCUT2D eigenvalue weighted by molar-refractivity contribution is 6.18. The minimum Gasteiger partial charge on any atom is -0.369 e. The third-order valence-corrected chi connectivity index (χ3v) is 3.87. The monoisotopic (exact) mass is 295 g/mol. The molecule has 3 heterocycles. The number of H-pyrrole nitrogens is 1. The van der Waals surface area contributed by atoms with Crippen molar-refractivity contribution in [1.29, 1.82) is 0 Å². The second-order valence-electron chi connectivity index (χ2n) is 5.20. The lowest BCUT2D eigenvalue weighted by atomic mass is 9.98. The maximum atomic E-state index is 12.3. The molecule has 0 aliphatic carbocycles. The summed E-state index contributed by atoms with van der Waals surface area (Å²) < 4.78 is 0. The number of aliphatic imine (C=N–C) groups is 1. The van der Waals surface area contributed by atoms with Gasteiger partial charge in [-0.3, -0.25) is 14.9 Å². The van der Waals surface area contributed by atoms with Gasteiger partial charge in [-0.05, 0) is 18.1 Å². The Balaban J connectivity index is 2.08. The molecule has 2 amide bonds. The highest BCUT2D eigenvalue weighted by Gasteiger charge is 2.30. The molecule has 110 valence electrons. The molecule has 2 aliphatic heterocycles. The van der Waals surface area contributed by atoms with Crippen molar-refractivity contribution in [3.8, 4) is 0 Å². The molecule has 0 spiro atoms. The van der Waals surface area contributed by atoms with Gasteiger partial charge in [-0.1, -0.05) is 18.2 Å². The van der Waals surface area contributed by atoms with Crippen LogP contribution in [0.15, 0.2) is 35.0 Å². The Hall–Kier alpha value is -3.09. The highest BCUT2D eigenvalue weighted by Crippen LogP contribution is 2.35. The Morgan fingerprint density at radius 3 is 2.73 bits per heavy atom. The summed E-state index contributed by atoms with van der Waals surface area (Å²) >= 11 is 0. The second-order valence-corrected chi connectivity index (χ2v) is 5.20. The zero-order valence-corrected chi connectivity index (χ0v) is 11.6. The first-order valence-electron chi connectivity index (χ1n) is 6.93. The van der Waals surface area contributed by atoms with Gasteiger partial charge < -0.3 is 16.0 Å². The number of nitrogens with zero attached hydrogens (tertiary/aromatic N) is 1. The van der Waals surface area contributed by atoms with Crippen LogP contribution in [0.2, 0.25) is 0 Å². The van der Waals surface area contributed by atoms with Gasteiger partial charge in [0.1, 0.15) is 11.4 Å². The lowest BCUT2D eigenvalue weighted by Crippen LogP contribution is -2.30. The van der Waals surface area contributed by atoms with Crippen molar-refractivity contribution in [3.63, 3.8) is 0 Å². The Morgan fingerprint density at radius 2 is 1.95 bits per heavy atom. The number of para-hydroxylation sites is 1. The number of nitrogens with two attached hydrogens (primary N) is 1. The van der Waals surface area contributed by atoms with Gasteiger partial charge in [0, 0.05) is 23.0 Å². The molecule has 0 radical (unpaired) electrons. The number of carbonyl (C=O) groups is 2. The van der Waals surface area contributed by atoms with Gasteiger partial charge in [-0.2, -0.15) is 0 Å². The first-order chi connectivity index (χ1) is 10.6. The van der Waals surface area contributed by atoms with Crippen molar-refractivity contribution >= 4 is 34.2 Å². The van der Waals surface area contributed by atoms with Crippen LogP contribution >= 0.6 is 0 Å². The topological polar surface area (TPSA) is 112 Å². The van der Waals surface area contributed by atoms with Crippen molar-refractivity contribution in [1.82, 2.24) is 15.6 Å². The lowest BCUT2D eigenvalue weighted by molar-refractivity contribution is -0.115. The molecule has 0 unspecified atom stereocenters. The van der Waals surface area contributed by atoms with Crippen LogP contribution in [-0.2, 0) is 4.79 Å². The van der Waals surface area contributed by atoms with Crippen LogP contribution in [0.3, 0.4) is 0 Å². The average Bonchev–Trinajstić information content (AvgIpc) is 2.99. The highest BCUT2D eigenvalue weighted by atomic mass is 16.2. The van der Waals surface area contributed by atoms with Gasteiger partial charge in [0.15, 0.2) is 0 Å². The first-order valence-corrected chi connectivity index (χ1v) is 6.93. The molecule has 5 N–H and O–H groups in total. The SMILES string of the molecule is NC1=N/C(=C2/CCNC(=O)c3[nH]c4ccccc4c32)C(=O)N1. The number of carbonyl (C=O) groups excluding carboxylic acids is 2. The first kappa shape index (κ1) is 12.6. The van der Waals surface area contributed by atoms with Crippen molar-refractivity contribution in [2.75, 3.05) is 6.54 Å². The largest absolute Gasteiger partial charge is 0.369 e. The third-order valence-electron chi connectivity index (χ3n) is 3.87. The van der Waals surface area contributed by atoms with Crippen LogP contribution in [0.25, 0.3) is 16.5 Å². The van der Waals surface area contributed by atoms with E-state index in [0.29, 0.717) is 18.7 Å². The standard InChI is InChI=1S/C15H13N5O2/c16-15-19-11(14(22)20-15)8-5-6-17-13(21)12-10(8)7-3-1-2-4-9(7)18-12/h1-4,18H,5-6H2,(H,17,21)(H3,16,19,20,22)/b11-8-. The van der Waals surface area contributed by atoms with E-state index in [9.17, 15) is 9.59 Å². The van der Waals surface area contributed by atoms with Gasteiger partial charge in [0.05, 0.1) is 0 Å². The Bertz CT molecular complexity index is 890. The van der Waals surface area contributed by atoms with Crippen molar-refractivity contribution in [2.45, 2.75) is 6.42 Å². The average molecular weight is 295 g/mol. The van der Waals surface area contributed by atoms with Crippen molar-refractivity contribution < 1.29 is 9.59 Å². The van der Waals surface area contributed by atoms with E-state index in [2.05, 4.69) is 20.6 Å². The van der Waals surface area contributed by atoms with Crippen LogP contribution < -0.4 is 16.4 Å². The summed E-state index contributed by atoms with van der Waals surface area (Å²) in [6, 6.07) is 7.60. The van der Waals surface area contributed by atoms with E-state index >= 15 is 0 Å². The third kappa shape index (κ3) is 1.72. The summed E-state index contributed by atoms with van der Waals surface area (Å²) in [7, 11) is 0. The van der Waals surface area contributed by atoms with Crippen molar-refractivity contribution in [2.24, 2.45) is 10.7 Å². The second kappa shape index (κ2) is 4.45. The molecule has 0 fully saturated rings. The molecule has 7 heteroatoms. The van der Waals surface area contributed by atoms with E-state index in [4.69, 9.17) is 5.73 Å². The van der Waals surface area contributed by atoms with Gasteiger partial charge >= 0.3 is 0 Å². The molecule has 0 bridgehead atoms. The number of aromatic nitrogens is 1. The number of hydrogen-bond donors (Lipinski definition) is 4. The normalized spacial score (nSPS) is 21.2. The van der Waals surface area contributed by atoms with E-state index in [-0.39, 0.29) is 23.5 Å². The minimum absolute atomic E-state index is 0.0809. The molecule has 7 nitrogen and oxygen atoms in total. The summed E-state index contributed by atoms with van der Waals surface area (Å²) in [4.78, 5) is 31.6. The van der Waals surface area contributed by atoms with E-state index in [1.807, 2.05) is 24.3 Å². The molecule has 1 aromatic heterocycles. The van der Waals surface area contributed by atoms with E-state index < -0.39 is 0 Å². The quantitative estimate of drug-likeness (QED) is 0.529. The van der Waals surface area contributed by atoms with Gasteiger partial charge in [-0.15, -0.1) is 0 Å². The Morgan fingerprint density at radius 1 is 1.14 bits per heavy atom. The minimum atomic E-state index is -0.335. The molecule has 0 saturated heterocycles. The molecule has 2 aromatic rings. The summed E-state index contributed by atoms with van der Waals surface area (Å²) in [5.74, 6) is -0.437. The molecule has 2 aliphatic rings. The van der Waals surface area contributed by atoms with Crippen LogP contribution in [0.5, 0.6) is 0 Å². The lowest BCUT2D eigenvalue weighted by Gasteiger charge is -2.06. The number of amides is 2. The molecule has 22 heavy (non-hydrogen) atoms. The molecular weight excluding hydrogens is 282 g/mol. The number of aromatic amines is 1. The fourth-order valence-electron chi connectivity index (χ4n) is 2.96. The van der Waals surface area contributed by atoms with Crippen molar-refractivity contribution in [3.05, 3.63) is 41.2 Å². The van der Waals surface area contributed by atoms with Crippen LogP contribution in [-0.4, -0.2) is 29.3 Å². The molecule has 4 rings (SSSR count). The predicted octanol–water partition coefficient (Wildman–Crippen LogP) is 0.457. The predicted molar refractivity (Wildman–Crippen MR) is 81.9 cm³/mol. The number of nitrogens with one attached hydrogen (secondary N) is 3. The number of rotatable bonds is 0. The Kier molecular flexibility index (Phi) is 2.56. The van der Waals surface area contributed by atoms with E-state index in [1.165, 1.54) is 0 Å². The maximum Gasteiger partial charge on any atom is 0.277 e. The molecule has 1 aromatic carbocycles. The number of hydrogen-bond acceptors (Lipinski definition) is 4. The van der Waals surface area contributed by atoms with Crippen LogP contribution in [0.4, 0.5) is 0 Å². The van der Waals surface area contributed by atoms with E-state index in [0.717, 1.165) is 22.0 Å². The smallest absolute Gasteiger partial charge is 0.277 e. The number of benzene rings is 1. The maximum absolute atomic E-state index is 12.3. The number of fused-ring (bicyclic) bond motifs is 3. The summed E-state index contributed by atoms with van der Waals surface area (Å²) in [5, 5.41) is 6.20. The van der Waals surface area contributed by atoms with Gasteiger partial charge in [-0.25, -0.2) is 4.99 Å². The fraction of sp³-hybridized carbons (Fsp3) is 0.133. The zero-order chi connectivity index (χ0) is 15.3. The molecule has 0 atom stereocenters. The summed E-state index contributed by atoms with van der Waals surface area (Å²) in [6.45, 7) is 0.442. The van der Waals surface area contributed by atoms with Crippen LogP contribution in [0, 0.1) is 0 Å². The van der Waals surface area contributed by atoms with E-state index in [1.54, 1.807) is 0 Å². The number of guanidine groups is 1. The fourth-order valence-corrected chi connectivity index (χ4v) is 2.96. The molecular formula is C15H13N5O2. The summed E-state index contributed by atoms with van der Waals surface area (Å²) in [6.07, 6.45) is 0.514. The summed E-state index contributed by atoms with van der Waals surface area (Å²) in [5.41, 5.74) is 8.62. The Labute approximate surface area is 125 Å². The van der Waals surface area contributed by atoms with Gasteiger partial charge in [0.2, 0.25) is 5.96 Å². The molecule has 0 saturated carbocycles. The zero-order valence-electron chi connectivity index (χ0n) is 11.6.